The lowest BCUT2D eigenvalue weighted by Crippen LogP contribution is -2.08. The number of benzene rings is 1. The number of hydrogen-bond donors (Lipinski definition) is 0. The second-order valence-electron chi connectivity index (χ2n) is 3.26. The highest BCUT2D eigenvalue weighted by molar-refractivity contribution is 5.63. The summed E-state index contributed by atoms with van der Waals surface area (Å²) in [4.78, 5) is 3.80. The highest BCUT2D eigenvalue weighted by atomic mass is 19.4. The van der Waals surface area contributed by atoms with Crippen LogP contribution < -0.4 is 0 Å². The summed E-state index contributed by atoms with van der Waals surface area (Å²) < 4.78 is 38.1. The average Bonchev–Trinajstić information content (AvgIpc) is 2.29. The molecule has 82 valence electrons. The Morgan fingerprint density at radius 3 is 2.19 bits per heavy atom. The van der Waals surface area contributed by atoms with Gasteiger partial charge in [0.05, 0.1) is 11.3 Å². The molecule has 0 bridgehead atoms. The van der Waals surface area contributed by atoms with E-state index in [4.69, 9.17) is 0 Å². The smallest absolute Gasteiger partial charge is 0.256 e. The Labute approximate surface area is 90.6 Å². The molecule has 0 radical (unpaired) electrons. The second kappa shape index (κ2) is 3.96. The predicted octanol–water partition coefficient (Wildman–Crippen LogP) is 3.77. The van der Waals surface area contributed by atoms with Crippen molar-refractivity contribution in [2.24, 2.45) is 0 Å². The Hall–Kier alpha value is -1.84. The largest absolute Gasteiger partial charge is 0.418 e. The van der Waals surface area contributed by atoms with E-state index in [-0.39, 0.29) is 5.69 Å². The zero-order chi connectivity index (χ0) is 11.6. The third kappa shape index (κ3) is 2.05. The highest BCUT2D eigenvalue weighted by Crippen LogP contribution is 2.35. The van der Waals surface area contributed by atoms with E-state index in [1.165, 1.54) is 12.3 Å². The maximum atomic E-state index is 12.7. The van der Waals surface area contributed by atoms with Crippen molar-refractivity contribution in [3.8, 4) is 11.3 Å². The summed E-state index contributed by atoms with van der Waals surface area (Å²) in [6, 6.07) is 10.7. The number of alkyl halides is 3. The molecular formula is C12H8F3N. The van der Waals surface area contributed by atoms with Crippen LogP contribution in [0.4, 0.5) is 13.2 Å². The summed E-state index contributed by atoms with van der Waals surface area (Å²) in [5, 5.41) is 0. The van der Waals surface area contributed by atoms with Crippen LogP contribution in [0.1, 0.15) is 5.56 Å². The lowest BCUT2D eigenvalue weighted by molar-refractivity contribution is -0.137. The van der Waals surface area contributed by atoms with E-state index in [9.17, 15) is 13.2 Å². The van der Waals surface area contributed by atoms with Gasteiger partial charge in [0.15, 0.2) is 0 Å². The zero-order valence-corrected chi connectivity index (χ0v) is 8.20. The van der Waals surface area contributed by atoms with Crippen molar-refractivity contribution in [1.29, 1.82) is 0 Å². The molecule has 0 aliphatic rings. The van der Waals surface area contributed by atoms with Gasteiger partial charge in [-0.3, -0.25) is 4.98 Å². The molecule has 4 heteroatoms. The normalized spacial score (nSPS) is 11.4. The summed E-state index contributed by atoms with van der Waals surface area (Å²) in [5.41, 5.74) is -0.271. The Kier molecular flexibility index (Phi) is 2.64. The van der Waals surface area contributed by atoms with E-state index in [1.54, 1.807) is 30.3 Å². The minimum atomic E-state index is -4.38. The van der Waals surface area contributed by atoms with Crippen LogP contribution in [0.25, 0.3) is 11.3 Å². The van der Waals surface area contributed by atoms with Gasteiger partial charge >= 0.3 is 6.18 Å². The van der Waals surface area contributed by atoms with Crippen molar-refractivity contribution in [1.82, 2.24) is 4.98 Å². The SMILES string of the molecule is FC(F)(F)c1cccnc1-c1ccccc1. The monoisotopic (exact) mass is 223 g/mol. The number of nitrogens with zero attached hydrogens (tertiary/aromatic N) is 1. The summed E-state index contributed by atoms with van der Waals surface area (Å²) in [7, 11) is 0. The fourth-order valence-electron chi connectivity index (χ4n) is 1.46. The number of aromatic nitrogens is 1. The molecule has 0 amide bonds. The van der Waals surface area contributed by atoms with Crippen LogP contribution in [-0.2, 0) is 6.18 Å². The molecule has 0 atom stereocenters. The van der Waals surface area contributed by atoms with Crippen LogP contribution in [0.2, 0.25) is 0 Å². The first-order valence-corrected chi connectivity index (χ1v) is 4.66. The lowest BCUT2D eigenvalue weighted by Gasteiger charge is -2.11. The number of pyridine rings is 1. The molecule has 2 aromatic rings. The molecule has 0 aliphatic heterocycles. The topological polar surface area (TPSA) is 12.9 Å². The summed E-state index contributed by atoms with van der Waals surface area (Å²) in [5.74, 6) is 0. The highest BCUT2D eigenvalue weighted by Gasteiger charge is 2.34. The quantitative estimate of drug-likeness (QED) is 0.717. The Bertz CT molecular complexity index is 477. The Balaban J connectivity index is 2.58. The maximum Gasteiger partial charge on any atom is 0.418 e. The minimum absolute atomic E-state index is 0.0319. The van der Waals surface area contributed by atoms with Gasteiger partial charge in [0, 0.05) is 11.8 Å². The Morgan fingerprint density at radius 2 is 1.56 bits per heavy atom. The molecule has 1 aromatic carbocycles. The van der Waals surface area contributed by atoms with Crippen LogP contribution in [0.3, 0.4) is 0 Å². The molecule has 0 unspecified atom stereocenters. The van der Waals surface area contributed by atoms with Gasteiger partial charge < -0.3 is 0 Å². The van der Waals surface area contributed by atoms with E-state index in [1.807, 2.05) is 0 Å². The van der Waals surface area contributed by atoms with Gasteiger partial charge in [0.25, 0.3) is 0 Å². The van der Waals surface area contributed by atoms with Crippen molar-refractivity contribution in [3.63, 3.8) is 0 Å². The van der Waals surface area contributed by atoms with Crippen LogP contribution in [0.15, 0.2) is 48.7 Å². The standard InChI is InChI=1S/C12H8F3N/c13-12(14,15)10-7-4-8-16-11(10)9-5-2-1-3-6-9/h1-8H. The average molecular weight is 223 g/mol. The molecule has 1 nitrogen and oxygen atoms in total. The lowest BCUT2D eigenvalue weighted by atomic mass is 10.1. The fraction of sp³-hybridized carbons (Fsp3) is 0.0833. The van der Waals surface area contributed by atoms with E-state index in [0.29, 0.717) is 5.56 Å². The van der Waals surface area contributed by atoms with Crippen molar-refractivity contribution in [2.45, 2.75) is 6.18 Å². The van der Waals surface area contributed by atoms with Crippen molar-refractivity contribution >= 4 is 0 Å². The third-order valence-electron chi connectivity index (χ3n) is 2.16. The molecule has 0 spiro atoms. The van der Waals surface area contributed by atoms with Gasteiger partial charge in [-0.05, 0) is 12.1 Å². The van der Waals surface area contributed by atoms with Crippen molar-refractivity contribution in [3.05, 3.63) is 54.2 Å². The van der Waals surface area contributed by atoms with Gasteiger partial charge in [-0.15, -0.1) is 0 Å². The first kappa shape index (κ1) is 10.7. The van der Waals surface area contributed by atoms with E-state index < -0.39 is 11.7 Å². The van der Waals surface area contributed by atoms with Crippen LogP contribution >= 0.6 is 0 Å². The van der Waals surface area contributed by atoms with Crippen molar-refractivity contribution < 1.29 is 13.2 Å². The Morgan fingerprint density at radius 1 is 0.875 bits per heavy atom. The number of rotatable bonds is 1. The fourth-order valence-corrected chi connectivity index (χ4v) is 1.46. The van der Waals surface area contributed by atoms with Gasteiger partial charge in [0.2, 0.25) is 0 Å². The molecular weight excluding hydrogens is 215 g/mol. The van der Waals surface area contributed by atoms with Crippen LogP contribution in [0.5, 0.6) is 0 Å². The van der Waals surface area contributed by atoms with Gasteiger partial charge in [0.1, 0.15) is 0 Å². The first-order chi connectivity index (χ1) is 7.59. The van der Waals surface area contributed by atoms with Crippen molar-refractivity contribution in [2.75, 3.05) is 0 Å². The molecule has 2 rings (SSSR count). The second-order valence-corrected chi connectivity index (χ2v) is 3.26. The maximum absolute atomic E-state index is 12.7. The number of hydrogen-bond acceptors (Lipinski definition) is 1. The zero-order valence-electron chi connectivity index (χ0n) is 8.20. The number of halogens is 3. The van der Waals surface area contributed by atoms with Gasteiger partial charge in [-0.1, -0.05) is 30.3 Å². The van der Waals surface area contributed by atoms with E-state index in [0.717, 1.165) is 6.07 Å². The van der Waals surface area contributed by atoms with E-state index in [2.05, 4.69) is 4.98 Å². The molecule has 1 aromatic heterocycles. The minimum Gasteiger partial charge on any atom is -0.256 e. The molecule has 0 aliphatic carbocycles. The third-order valence-corrected chi connectivity index (χ3v) is 2.16. The van der Waals surface area contributed by atoms with Gasteiger partial charge in [-0.2, -0.15) is 13.2 Å². The van der Waals surface area contributed by atoms with Gasteiger partial charge in [-0.25, -0.2) is 0 Å². The van der Waals surface area contributed by atoms with Crippen LogP contribution in [-0.4, -0.2) is 4.98 Å². The van der Waals surface area contributed by atoms with E-state index >= 15 is 0 Å². The first-order valence-electron chi connectivity index (χ1n) is 4.66. The molecule has 0 saturated heterocycles. The summed E-state index contributed by atoms with van der Waals surface area (Å²) >= 11 is 0. The molecule has 1 heterocycles. The molecule has 0 saturated carbocycles. The molecule has 0 N–H and O–H groups in total. The molecule has 16 heavy (non-hydrogen) atoms. The summed E-state index contributed by atoms with van der Waals surface area (Å²) in [6.45, 7) is 0. The molecule has 0 fully saturated rings. The summed E-state index contributed by atoms with van der Waals surface area (Å²) in [6.07, 6.45) is -3.02. The van der Waals surface area contributed by atoms with Crippen LogP contribution in [0, 0.1) is 0 Å². The predicted molar refractivity (Wildman–Crippen MR) is 54.7 cm³/mol.